The Balaban J connectivity index is 1.38. The van der Waals surface area contributed by atoms with Gasteiger partial charge in [0.15, 0.2) is 0 Å². The van der Waals surface area contributed by atoms with Crippen molar-refractivity contribution in [2.75, 3.05) is 4.90 Å². The summed E-state index contributed by atoms with van der Waals surface area (Å²) in [5.74, 6) is 0. The molecule has 0 aliphatic heterocycles. The molecule has 0 spiro atoms. The maximum absolute atomic E-state index is 6.42. The van der Waals surface area contributed by atoms with Crippen molar-refractivity contribution in [3.05, 3.63) is 150 Å². The van der Waals surface area contributed by atoms with E-state index in [1.807, 2.05) is 0 Å². The molecule has 0 saturated heterocycles. The van der Waals surface area contributed by atoms with Gasteiger partial charge < -0.3 is 9.32 Å². The normalized spacial score (nSPS) is 13.3. The summed E-state index contributed by atoms with van der Waals surface area (Å²) in [6.45, 7) is 9.08. The van der Waals surface area contributed by atoms with E-state index >= 15 is 0 Å². The third-order valence-electron chi connectivity index (χ3n) is 9.23. The summed E-state index contributed by atoms with van der Waals surface area (Å²) in [6, 6.07) is 46.1. The molecule has 0 radical (unpaired) electrons. The van der Waals surface area contributed by atoms with E-state index in [-0.39, 0.29) is 5.41 Å². The van der Waals surface area contributed by atoms with Crippen LogP contribution in [0.2, 0.25) is 0 Å². The van der Waals surface area contributed by atoms with Gasteiger partial charge in [0.2, 0.25) is 0 Å². The number of nitrogens with zero attached hydrogens (tertiary/aromatic N) is 1. The Hall–Kier alpha value is -5.08. The molecule has 0 atom stereocenters. The average Bonchev–Trinajstić information content (AvgIpc) is 3.50. The Morgan fingerprint density at radius 3 is 2.14 bits per heavy atom. The van der Waals surface area contributed by atoms with Crippen LogP contribution in [0.3, 0.4) is 0 Å². The molecule has 0 saturated carbocycles. The lowest BCUT2D eigenvalue weighted by molar-refractivity contribution is 0.660. The number of benzene rings is 6. The minimum Gasteiger partial charge on any atom is -0.456 e. The Morgan fingerprint density at radius 2 is 1.33 bits per heavy atom. The highest BCUT2D eigenvalue weighted by Gasteiger charge is 2.37. The van der Waals surface area contributed by atoms with Gasteiger partial charge in [-0.1, -0.05) is 98.8 Å². The highest BCUT2D eigenvalue weighted by Crippen LogP contribution is 2.52. The first kappa shape index (κ1) is 25.6. The predicted octanol–water partition coefficient (Wildman–Crippen LogP) is 11.6. The molecular weight excluding hydrogens is 522 g/mol. The van der Waals surface area contributed by atoms with E-state index in [2.05, 4.69) is 160 Å². The smallest absolute Gasteiger partial charge is 0.137 e. The standard InChI is InChI=1S/C41H33NO/c1-26-17-22-33-38(23-26)43-37-16-10-15-36(40(33)37)42(30-20-18-29(19-21-30)28-11-6-5-7-12-28)31-24-27(2)39-32-13-8-9-14-34(32)41(3,4)35(39)25-31/h5-25H,1-4H3. The van der Waals surface area contributed by atoms with Crippen molar-refractivity contribution in [3.8, 4) is 22.3 Å². The fourth-order valence-electron chi connectivity index (χ4n) is 7.10. The number of fused-ring (bicyclic) bond motifs is 6. The van der Waals surface area contributed by atoms with E-state index in [1.54, 1.807) is 0 Å². The SMILES string of the molecule is Cc1ccc2c(c1)oc1cccc(N(c3ccc(-c4ccccc4)cc3)c3cc(C)c4c(c3)C(C)(C)c3ccccc3-4)c12. The topological polar surface area (TPSA) is 16.4 Å². The molecule has 0 N–H and O–H groups in total. The molecule has 0 fully saturated rings. The first-order valence-corrected chi connectivity index (χ1v) is 15.0. The second-order valence-electron chi connectivity index (χ2n) is 12.4. The molecule has 2 heteroatoms. The van der Waals surface area contributed by atoms with Crippen LogP contribution in [-0.2, 0) is 5.41 Å². The first-order valence-electron chi connectivity index (χ1n) is 15.0. The van der Waals surface area contributed by atoms with Crippen molar-refractivity contribution in [2.45, 2.75) is 33.1 Å². The van der Waals surface area contributed by atoms with Crippen LogP contribution in [-0.4, -0.2) is 0 Å². The van der Waals surface area contributed by atoms with Gasteiger partial charge in [-0.25, -0.2) is 0 Å². The van der Waals surface area contributed by atoms with Crippen LogP contribution in [0.4, 0.5) is 17.1 Å². The van der Waals surface area contributed by atoms with Gasteiger partial charge in [-0.3, -0.25) is 0 Å². The summed E-state index contributed by atoms with van der Waals surface area (Å²) in [4.78, 5) is 2.41. The number of rotatable bonds is 4. The molecule has 0 bridgehead atoms. The minimum atomic E-state index is -0.0958. The summed E-state index contributed by atoms with van der Waals surface area (Å²) in [5.41, 5.74) is 15.5. The van der Waals surface area contributed by atoms with Gasteiger partial charge >= 0.3 is 0 Å². The molecular formula is C41H33NO. The molecule has 8 rings (SSSR count). The zero-order chi connectivity index (χ0) is 29.3. The minimum absolute atomic E-state index is 0.0958. The molecule has 0 unspecified atom stereocenters. The highest BCUT2D eigenvalue weighted by atomic mass is 16.3. The van der Waals surface area contributed by atoms with Crippen molar-refractivity contribution in [1.82, 2.24) is 0 Å². The van der Waals surface area contributed by atoms with E-state index in [4.69, 9.17) is 4.42 Å². The quantitative estimate of drug-likeness (QED) is 0.215. The van der Waals surface area contributed by atoms with Crippen molar-refractivity contribution >= 4 is 39.0 Å². The largest absolute Gasteiger partial charge is 0.456 e. The van der Waals surface area contributed by atoms with E-state index in [0.717, 1.165) is 39.0 Å². The van der Waals surface area contributed by atoms with Gasteiger partial charge in [0.25, 0.3) is 0 Å². The third-order valence-corrected chi connectivity index (χ3v) is 9.23. The number of aryl methyl sites for hydroxylation is 2. The fourth-order valence-corrected chi connectivity index (χ4v) is 7.10. The maximum atomic E-state index is 6.42. The Labute approximate surface area is 252 Å². The van der Waals surface area contributed by atoms with Crippen molar-refractivity contribution in [2.24, 2.45) is 0 Å². The van der Waals surface area contributed by atoms with Crippen LogP contribution in [0.25, 0.3) is 44.2 Å². The second kappa shape index (κ2) is 9.47. The van der Waals surface area contributed by atoms with Crippen LogP contribution in [0.15, 0.2) is 132 Å². The van der Waals surface area contributed by atoms with Crippen LogP contribution >= 0.6 is 0 Å². The number of anilines is 3. The fraction of sp³-hybridized carbons (Fsp3) is 0.122. The number of hydrogen-bond donors (Lipinski definition) is 0. The zero-order valence-electron chi connectivity index (χ0n) is 25.0. The summed E-state index contributed by atoms with van der Waals surface area (Å²) >= 11 is 0. The molecule has 208 valence electrons. The summed E-state index contributed by atoms with van der Waals surface area (Å²) in [6.07, 6.45) is 0. The van der Waals surface area contributed by atoms with E-state index in [9.17, 15) is 0 Å². The number of furan rings is 1. The van der Waals surface area contributed by atoms with Crippen LogP contribution < -0.4 is 4.90 Å². The van der Waals surface area contributed by atoms with Crippen LogP contribution in [0, 0.1) is 13.8 Å². The first-order chi connectivity index (χ1) is 20.9. The van der Waals surface area contributed by atoms with Crippen molar-refractivity contribution in [3.63, 3.8) is 0 Å². The Bertz CT molecular complexity index is 2170. The molecule has 7 aromatic rings. The van der Waals surface area contributed by atoms with Gasteiger partial charge in [0, 0.05) is 22.2 Å². The Kier molecular flexibility index (Phi) is 5.64. The number of hydrogen-bond acceptors (Lipinski definition) is 2. The lowest BCUT2D eigenvalue weighted by atomic mass is 9.82. The van der Waals surface area contributed by atoms with Gasteiger partial charge in [-0.2, -0.15) is 0 Å². The second-order valence-corrected chi connectivity index (χ2v) is 12.4. The van der Waals surface area contributed by atoms with E-state index < -0.39 is 0 Å². The maximum Gasteiger partial charge on any atom is 0.137 e. The van der Waals surface area contributed by atoms with E-state index in [1.165, 1.54) is 44.5 Å². The molecule has 1 aromatic heterocycles. The molecule has 1 aliphatic carbocycles. The third kappa shape index (κ3) is 3.94. The van der Waals surface area contributed by atoms with Gasteiger partial charge in [-0.05, 0) is 101 Å². The average molecular weight is 556 g/mol. The summed E-state index contributed by atoms with van der Waals surface area (Å²) in [5, 5.41) is 2.26. The lowest BCUT2D eigenvalue weighted by Gasteiger charge is -2.29. The van der Waals surface area contributed by atoms with Gasteiger partial charge in [0.1, 0.15) is 11.2 Å². The lowest BCUT2D eigenvalue weighted by Crippen LogP contribution is -2.17. The molecule has 6 aromatic carbocycles. The highest BCUT2D eigenvalue weighted by molar-refractivity contribution is 6.13. The van der Waals surface area contributed by atoms with E-state index in [0.29, 0.717) is 0 Å². The Morgan fingerprint density at radius 1 is 0.581 bits per heavy atom. The molecule has 1 aliphatic rings. The zero-order valence-corrected chi connectivity index (χ0v) is 25.0. The van der Waals surface area contributed by atoms with Crippen LogP contribution in [0.5, 0.6) is 0 Å². The summed E-state index contributed by atoms with van der Waals surface area (Å²) in [7, 11) is 0. The predicted molar refractivity (Wildman–Crippen MR) is 181 cm³/mol. The molecule has 0 amide bonds. The molecule has 43 heavy (non-hydrogen) atoms. The van der Waals surface area contributed by atoms with Crippen molar-refractivity contribution in [1.29, 1.82) is 0 Å². The van der Waals surface area contributed by atoms with Crippen molar-refractivity contribution < 1.29 is 4.42 Å². The molecule has 2 nitrogen and oxygen atoms in total. The summed E-state index contributed by atoms with van der Waals surface area (Å²) < 4.78 is 6.42. The van der Waals surface area contributed by atoms with Gasteiger partial charge in [0.05, 0.1) is 11.1 Å². The molecule has 1 heterocycles. The van der Waals surface area contributed by atoms with Crippen LogP contribution in [0.1, 0.15) is 36.1 Å². The monoisotopic (exact) mass is 555 g/mol. The van der Waals surface area contributed by atoms with Gasteiger partial charge in [-0.15, -0.1) is 0 Å².